The molecule has 0 N–H and O–H groups in total. The molecule has 0 radical (unpaired) electrons. The lowest BCUT2D eigenvalue weighted by atomic mass is 9.63. The fourth-order valence-corrected chi connectivity index (χ4v) is 22.3. The fraction of sp³-hybridized carbons (Fsp3) is 1.00. The van der Waals surface area contributed by atoms with Crippen molar-refractivity contribution in [3.63, 3.8) is 0 Å². The number of nitrogens with zero attached hydrogens (tertiary/aromatic N) is 4. The first-order valence-corrected chi connectivity index (χ1v) is 45.3. The highest BCUT2D eigenvalue weighted by Gasteiger charge is 2.42. The highest BCUT2D eigenvalue weighted by Crippen LogP contribution is 2.47. The Hall–Kier alpha value is -0.260. The van der Waals surface area contributed by atoms with Crippen molar-refractivity contribution in [3.8, 4) is 0 Å². The van der Waals surface area contributed by atoms with E-state index in [0.29, 0.717) is 79.0 Å². The molecule has 7 rings (SSSR count). The zero-order valence-electron chi connectivity index (χ0n) is 74.2. The molecule has 6 heterocycles. The van der Waals surface area contributed by atoms with Gasteiger partial charge < -0.3 is 14.7 Å². The molecule has 7 aliphatic rings. The van der Waals surface area contributed by atoms with Gasteiger partial charge in [-0.2, -0.15) is 0 Å². The average Bonchev–Trinajstić information content (AvgIpc) is 1.41. The van der Waals surface area contributed by atoms with Crippen LogP contribution < -0.4 is 0 Å². The van der Waals surface area contributed by atoms with E-state index in [-0.39, 0.29) is 22.0 Å². The monoisotopic (exact) mass is 1440 g/mol. The molecule has 0 aromatic heterocycles. The number of hydrogen-bond acceptors (Lipinski definition) is 8. The maximum Gasteiger partial charge on any atom is 0.153 e. The van der Waals surface area contributed by atoms with Gasteiger partial charge in [0, 0.05) is 36.8 Å². The van der Waals surface area contributed by atoms with E-state index in [1.54, 1.807) is 0 Å². The van der Waals surface area contributed by atoms with E-state index >= 15 is 0 Å². The third-order valence-electron chi connectivity index (χ3n) is 25.9. The van der Waals surface area contributed by atoms with Gasteiger partial charge in [-0.15, -0.1) is 0 Å². The van der Waals surface area contributed by atoms with Crippen molar-refractivity contribution in [1.82, 2.24) is 19.6 Å². The van der Waals surface area contributed by atoms with Gasteiger partial charge in [0.15, 0.2) is 19.7 Å². The van der Waals surface area contributed by atoms with Gasteiger partial charge in [-0.25, -0.2) is 16.8 Å². The van der Waals surface area contributed by atoms with E-state index in [1.807, 2.05) is 13.8 Å². The van der Waals surface area contributed by atoms with Gasteiger partial charge in [-0.3, -0.25) is 4.90 Å². The molecule has 0 spiro atoms. The van der Waals surface area contributed by atoms with Crippen LogP contribution in [0.25, 0.3) is 0 Å². The van der Waals surface area contributed by atoms with E-state index < -0.39 is 19.7 Å². The molecule has 8 nitrogen and oxygen atoms in total. The van der Waals surface area contributed by atoms with E-state index in [2.05, 4.69) is 262 Å². The molecule has 10 heteroatoms. The van der Waals surface area contributed by atoms with Crippen molar-refractivity contribution >= 4 is 19.7 Å². The van der Waals surface area contributed by atoms with Crippen LogP contribution in [-0.2, 0) is 19.7 Å². The Balaban J connectivity index is 0.000000578. The van der Waals surface area contributed by atoms with Crippen molar-refractivity contribution < 1.29 is 16.8 Å². The number of piperidine rings is 2. The Morgan fingerprint density at radius 1 is 0.283 bits per heavy atom. The number of likely N-dealkylation sites (tertiary alicyclic amines) is 4. The van der Waals surface area contributed by atoms with Crippen LogP contribution in [0.4, 0.5) is 0 Å². The van der Waals surface area contributed by atoms with Crippen molar-refractivity contribution in [1.29, 1.82) is 0 Å². The number of rotatable bonds is 5. The van der Waals surface area contributed by atoms with Gasteiger partial charge >= 0.3 is 0 Å². The molecule has 0 amide bonds. The van der Waals surface area contributed by atoms with Crippen LogP contribution in [0, 0.1) is 108 Å². The molecule has 0 aromatic carbocycles. The van der Waals surface area contributed by atoms with Gasteiger partial charge in [-0.1, -0.05) is 207 Å². The smallest absolute Gasteiger partial charge is 0.153 e. The molecule has 7 fully saturated rings. The molecule has 9 atom stereocenters. The Bertz CT molecular complexity index is 2370. The fourth-order valence-electron chi connectivity index (χ4n) is 16.9. The first-order chi connectivity index (χ1) is 44.4. The summed E-state index contributed by atoms with van der Waals surface area (Å²) in [5.41, 5.74) is 3.62. The summed E-state index contributed by atoms with van der Waals surface area (Å²) in [4.78, 5) is 10.5. The molecule has 594 valence electrons. The lowest BCUT2D eigenvalue weighted by Gasteiger charge is -2.44. The topological polar surface area (TPSA) is 81.2 Å². The lowest BCUT2D eigenvalue weighted by molar-refractivity contribution is 0.0532. The third kappa shape index (κ3) is 36.9. The Morgan fingerprint density at radius 3 is 0.980 bits per heavy atom. The third-order valence-corrected chi connectivity index (χ3v) is 30.3. The maximum atomic E-state index is 12.1. The van der Waals surface area contributed by atoms with Crippen LogP contribution in [0.2, 0.25) is 0 Å². The van der Waals surface area contributed by atoms with E-state index in [1.165, 1.54) is 142 Å². The predicted octanol–water partition coefficient (Wildman–Crippen LogP) is 24.3. The van der Waals surface area contributed by atoms with Crippen LogP contribution in [0.15, 0.2) is 0 Å². The summed E-state index contributed by atoms with van der Waals surface area (Å²) in [6.45, 7) is 95.5. The summed E-state index contributed by atoms with van der Waals surface area (Å²) in [5, 5.41) is -0.101. The normalized spacial score (nSPS) is 28.2. The van der Waals surface area contributed by atoms with Crippen LogP contribution in [0.5, 0.6) is 0 Å². The van der Waals surface area contributed by atoms with Crippen LogP contribution in [0.3, 0.4) is 0 Å². The summed E-state index contributed by atoms with van der Waals surface area (Å²) in [6.07, 6.45) is 22.8. The summed E-state index contributed by atoms with van der Waals surface area (Å²) < 4.78 is 47.8. The zero-order valence-corrected chi connectivity index (χ0v) is 75.8. The zero-order chi connectivity index (χ0) is 77.3. The number of hydrogen-bond donors (Lipinski definition) is 0. The van der Waals surface area contributed by atoms with E-state index in [0.717, 1.165) is 72.9 Å². The Morgan fingerprint density at radius 2 is 0.626 bits per heavy atom. The van der Waals surface area contributed by atoms with Crippen molar-refractivity contribution in [2.45, 2.75) is 394 Å². The van der Waals surface area contributed by atoms with Crippen LogP contribution in [0.1, 0.15) is 365 Å². The van der Waals surface area contributed by atoms with Crippen LogP contribution >= 0.6 is 0 Å². The number of sulfone groups is 2. The minimum Gasteiger partial charge on any atom is -0.301 e. The molecule has 1 saturated carbocycles. The summed E-state index contributed by atoms with van der Waals surface area (Å²) in [7, 11) is -5.66. The highest BCUT2D eigenvalue weighted by atomic mass is 32.2. The van der Waals surface area contributed by atoms with Gasteiger partial charge in [-0.05, 0) is 306 Å². The molecule has 1 aliphatic carbocycles. The van der Waals surface area contributed by atoms with Gasteiger partial charge in [0.05, 0.1) is 22.5 Å². The average molecular weight is 1440 g/mol. The summed E-state index contributed by atoms with van der Waals surface area (Å²) in [6, 6.07) is 2.18. The Kier molecular flexibility index (Phi) is 39.3. The molecule has 0 aromatic rings. The molecule has 6 saturated heterocycles. The summed E-state index contributed by atoms with van der Waals surface area (Å²) >= 11 is 0. The van der Waals surface area contributed by atoms with E-state index in [9.17, 15) is 16.8 Å². The Labute approximate surface area is 624 Å². The predicted molar refractivity (Wildman–Crippen MR) is 443 cm³/mol. The van der Waals surface area contributed by atoms with Gasteiger partial charge in [0.1, 0.15) is 0 Å². The lowest BCUT2D eigenvalue weighted by Crippen LogP contribution is -2.47. The van der Waals surface area contributed by atoms with Crippen molar-refractivity contribution in [2.24, 2.45) is 108 Å². The molecular weight excluding hydrogens is 1250 g/mol. The maximum absolute atomic E-state index is 12.1. The SMILES string of the molecule is CC(C)(C)C1CCCC(C(C)(C)C)C1.CC(C)(C)C1CCN(C(C)(C)C)CC1.CC(C)C1CC(C(C)(C)C)CS(=O)(=O)C1.CC(C)C1CCC(C(C)(C)C)CS1(=O)=O.CC(C)N1CCCC(C(C)(C)C)C1.CC(C)N1CCCC(C(C)(C)C)CC1.CC(C)N1CCCCC(C(C)(C)C)C1. The van der Waals surface area contributed by atoms with E-state index in [4.69, 9.17) is 0 Å². The minimum absolute atomic E-state index is 0.101. The minimum atomic E-state index is -2.86. The molecule has 6 aliphatic heterocycles. The molecule has 0 bridgehead atoms. The molecule has 99 heavy (non-hydrogen) atoms. The van der Waals surface area contributed by atoms with Crippen molar-refractivity contribution in [2.75, 3.05) is 69.6 Å². The second-order valence-electron chi connectivity index (χ2n) is 44.8. The van der Waals surface area contributed by atoms with Crippen molar-refractivity contribution in [3.05, 3.63) is 0 Å². The van der Waals surface area contributed by atoms with Gasteiger partial charge in [0.2, 0.25) is 0 Å². The standard InChI is InChI=1S/C14H28.3C13H27N.C12H25N.2C12H24O2S/c1-13(2,3)11-8-7-9-12(10-11)14(4,5)6;1-12(2,3)11-7-9-14(10-8-11)13(4,5)6;1-11(2)14-9-6-7-12(8-10-14)13(3,4)5;1-11(2)14-9-7-6-8-12(10-14)13(3,4)5;1-10(2)13-8-6-7-11(9-13)12(3,4)5;1-9(2)10-6-11(12(3,4)5)8-15(13,14)7-10;1-9(2)11-7-6-10(12(3,4)5)8-15(11,13)14/h11-12H,7-10H2,1-6H3;11H,7-10H2,1-6H3;2*11-12H,6-10H2,1-5H3;10-11H,6-9H2,1-5H3;2*9-11H,6-8H2,1-5H3. The largest absolute Gasteiger partial charge is 0.301 e. The quantitative estimate of drug-likeness (QED) is 0.269. The first-order valence-electron chi connectivity index (χ1n) is 41.8. The molecular formula is C89H182N4O4S2. The highest BCUT2D eigenvalue weighted by molar-refractivity contribution is 7.92. The van der Waals surface area contributed by atoms with Crippen LogP contribution in [-0.4, -0.2) is 135 Å². The second kappa shape index (κ2) is 40.3. The first kappa shape index (κ1) is 96.8. The second-order valence-corrected chi connectivity index (χ2v) is 49.2. The molecule has 9 unspecified atom stereocenters. The summed E-state index contributed by atoms with van der Waals surface area (Å²) in [5.74, 6) is 8.43. The van der Waals surface area contributed by atoms with Gasteiger partial charge in [0.25, 0.3) is 0 Å².